The molecule has 1 heterocycles. The van der Waals surface area contributed by atoms with Crippen molar-refractivity contribution in [3.05, 3.63) is 13.1 Å². The van der Waals surface area contributed by atoms with Gasteiger partial charge >= 0.3 is 0 Å². The largest absolute Gasteiger partial charge is 0.244 e. The molecule has 0 amide bonds. The van der Waals surface area contributed by atoms with Gasteiger partial charge in [0.1, 0.15) is 6.17 Å². The molecule has 2 radical (unpaired) electrons. The van der Waals surface area contributed by atoms with Crippen LogP contribution in [0.15, 0.2) is 0 Å². The second-order valence-corrected chi connectivity index (χ2v) is 2.07. The standard InChI is InChI=1S/C6H11FN2/c1-3-9-5-6(7)4-8(9)2/h4-6H,3H2,1-2H3. The van der Waals surface area contributed by atoms with Crippen molar-refractivity contribution in [2.45, 2.75) is 13.1 Å². The molecule has 1 aliphatic rings. The van der Waals surface area contributed by atoms with Crippen molar-refractivity contribution < 1.29 is 4.39 Å². The topological polar surface area (TPSA) is 6.48 Å². The SMILES string of the molecule is CCN1[CH]C(F)[CH]N1C. The van der Waals surface area contributed by atoms with Crippen LogP contribution in [0.5, 0.6) is 0 Å². The molecule has 0 aromatic carbocycles. The first-order chi connectivity index (χ1) is 4.24. The van der Waals surface area contributed by atoms with Crippen LogP contribution in [0.1, 0.15) is 6.92 Å². The van der Waals surface area contributed by atoms with E-state index < -0.39 is 6.17 Å². The Kier molecular flexibility index (Phi) is 2.03. The van der Waals surface area contributed by atoms with Crippen LogP contribution < -0.4 is 0 Å². The Hall–Kier alpha value is -0.150. The molecule has 9 heavy (non-hydrogen) atoms. The minimum absolute atomic E-state index is 0.827. The molecule has 0 aromatic rings. The number of halogens is 1. The summed E-state index contributed by atoms with van der Waals surface area (Å²) < 4.78 is 12.4. The predicted octanol–water partition coefficient (Wildman–Crippen LogP) is 0.830. The van der Waals surface area contributed by atoms with E-state index in [0.29, 0.717) is 0 Å². The second-order valence-electron chi connectivity index (χ2n) is 2.07. The van der Waals surface area contributed by atoms with Crippen molar-refractivity contribution >= 4 is 0 Å². The van der Waals surface area contributed by atoms with Crippen LogP contribution in [0.4, 0.5) is 4.39 Å². The molecule has 3 heteroatoms. The summed E-state index contributed by atoms with van der Waals surface area (Å²) in [5, 5.41) is 3.58. The smallest absolute Gasteiger partial charge is 0.137 e. The molecular formula is C6H11FN2. The molecule has 2 nitrogen and oxygen atoms in total. The van der Waals surface area contributed by atoms with Gasteiger partial charge in [0.25, 0.3) is 0 Å². The summed E-state index contributed by atoms with van der Waals surface area (Å²) in [6.07, 6.45) is -0.894. The fourth-order valence-corrected chi connectivity index (χ4v) is 0.928. The average Bonchev–Trinajstić information content (AvgIpc) is 2.10. The van der Waals surface area contributed by atoms with E-state index in [1.54, 1.807) is 11.6 Å². The number of alkyl halides is 1. The molecule has 0 saturated carbocycles. The normalized spacial score (nSPS) is 31.7. The molecule has 1 fully saturated rings. The Morgan fingerprint density at radius 2 is 2.22 bits per heavy atom. The molecule has 1 unspecified atom stereocenters. The van der Waals surface area contributed by atoms with Gasteiger partial charge in [-0.3, -0.25) is 0 Å². The third-order valence-electron chi connectivity index (χ3n) is 1.40. The molecular weight excluding hydrogens is 119 g/mol. The maximum absolute atomic E-state index is 12.4. The van der Waals surface area contributed by atoms with Crippen LogP contribution in [0.25, 0.3) is 0 Å². The van der Waals surface area contributed by atoms with E-state index in [4.69, 9.17) is 0 Å². The molecule has 0 bridgehead atoms. The van der Waals surface area contributed by atoms with Gasteiger partial charge in [0.2, 0.25) is 0 Å². The molecule has 0 N–H and O–H groups in total. The van der Waals surface area contributed by atoms with Crippen molar-refractivity contribution in [3.8, 4) is 0 Å². The first kappa shape index (κ1) is 6.96. The Balaban J connectivity index is 2.38. The zero-order valence-corrected chi connectivity index (χ0v) is 5.71. The predicted molar refractivity (Wildman–Crippen MR) is 33.6 cm³/mol. The van der Waals surface area contributed by atoms with Crippen LogP contribution in [0.2, 0.25) is 0 Å². The third kappa shape index (κ3) is 1.40. The summed E-state index contributed by atoms with van der Waals surface area (Å²) in [5.74, 6) is 0. The van der Waals surface area contributed by atoms with Gasteiger partial charge in [-0.2, -0.15) is 0 Å². The highest BCUT2D eigenvalue weighted by molar-refractivity contribution is 4.92. The number of rotatable bonds is 1. The van der Waals surface area contributed by atoms with Gasteiger partial charge in [-0.05, 0) is 0 Å². The molecule has 52 valence electrons. The quantitative estimate of drug-likeness (QED) is 0.518. The lowest BCUT2D eigenvalue weighted by atomic mass is 10.4. The van der Waals surface area contributed by atoms with Gasteiger partial charge in [0, 0.05) is 13.6 Å². The first-order valence-electron chi connectivity index (χ1n) is 3.07. The summed E-state index contributed by atoms with van der Waals surface area (Å²) >= 11 is 0. The van der Waals surface area contributed by atoms with E-state index in [0.717, 1.165) is 6.54 Å². The van der Waals surface area contributed by atoms with Crippen LogP contribution in [0, 0.1) is 13.1 Å². The van der Waals surface area contributed by atoms with Crippen LogP contribution in [-0.2, 0) is 0 Å². The monoisotopic (exact) mass is 130 g/mol. The zero-order valence-electron chi connectivity index (χ0n) is 5.71. The molecule has 0 aromatic heterocycles. The van der Waals surface area contributed by atoms with Crippen LogP contribution in [-0.4, -0.2) is 29.8 Å². The van der Waals surface area contributed by atoms with Crippen molar-refractivity contribution in [2.24, 2.45) is 0 Å². The minimum atomic E-state index is -0.894. The molecule has 1 aliphatic heterocycles. The Morgan fingerprint density at radius 3 is 2.44 bits per heavy atom. The number of nitrogens with zero attached hydrogens (tertiary/aromatic N) is 2. The molecule has 1 rings (SSSR count). The summed E-state index contributed by atoms with van der Waals surface area (Å²) in [4.78, 5) is 0. The van der Waals surface area contributed by atoms with Gasteiger partial charge in [0.05, 0.1) is 13.1 Å². The lowest BCUT2D eigenvalue weighted by molar-refractivity contribution is 0.107. The Bertz CT molecular complexity index is 97.1. The van der Waals surface area contributed by atoms with Crippen molar-refractivity contribution in [1.29, 1.82) is 0 Å². The number of hydrogen-bond donors (Lipinski definition) is 0. The first-order valence-corrected chi connectivity index (χ1v) is 3.07. The van der Waals surface area contributed by atoms with Gasteiger partial charge in [-0.25, -0.2) is 14.4 Å². The van der Waals surface area contributed by atoms with Crippen molar-refractivity contribution in [1.82, 2.24) is 10.0 Å². The zero-order chi connectivity index (χ0) is 6.85. The lowest BCUT2D eigenvalue weighted by Crippen LogP contribution is -2.28. The van der Waals surface area contributed by atoms with Crippen molar-refractivity contribution in [3.63, 3.8) is 0 Å². The lowest BCUT2D eigenvalue weighted by Gasteiger charge is -2.19. The van der Waals surface area contributed by atoms with Crippen molar-refractivity contribution in [2.75, 3.05) is 13.6 Å². The number of hydrazine groups is 1. The maximum Gasteiger partial charge on any atom is 0.137 e. The van der Waals surface area contributed by atoms with E-state index in [2.05, 4.69) is 0 Å². The van der Waals surface area contributed by atoms with E-state index in [1.807, 2.05) is 19.0 Å². The fraction of sp³-hybridized carbons (Fsp3) is 0.667. The van der Waals surface area contributed by atoms with E-state index >= 15 is 0 Å². The third-order valence-corrected chi connectivity index (χ3v) is 1.40. The summed E-state index contributed by atoms with van der Waals surface area (Å²) in [6, 6.07) is 0. The van der Waals surface area contributed by atoms with Gasteiger partial charge < -0.3 is 0 Å². The molecule has 1 saturated heterocycles. The van der Waals surface area contributed by atoms with Gasteiger partial charge in [-0.1, -0.05) is 6.92 Å². The van der Waals surface area contributed by atoms with E-state index in [-0.39, 0.29) is 0 Å². The van der Waals surface area contributed by atoms with Crippen LogP contribution in [0.3, 0.4) is 0 Å². The fourth-order valence-electron chi connectivity index (χ4n) is 0.928. The van der Waals surface area contributed by atoms with Crippen LogP contribution >= 0.6 is 0 Å². The summed E-state index contributed by atoms with van der Waals surface area (Å²) in [6.45, 7) is 5.90. The van der Waals surface area contributed by atoms with Gasteiger partial charge in [0.15, 0.2) is 0 Å². The highest BCUT2D eigenvalue weighted by atomic mass is 19.1. The maximum atomic E-state index is 12.4. The van der Waals surface area contributed by atoms with Gasteiger partial charge in [-0.15, -0.1) is 0 Å². The highest BCUT2D eigenvalue weighted by Gasteiger charge is 2.26. The molecule has 0 spiro atoms. The molecule has 1 atom stereocenters. The summed E-state index contributed by atoms with van der Waals surface area (Å²) in [7, 11) is 1.83. The number of hydrogen-bond acceptors (Lipinski definition) is 2. The minimum Gasteiger partial charge on any atom is -0.244 e. The molecule has 0 aliphatic carbocycles. The average molecular weight is 130 g/mol. The Morgan fingerprint density at radius 1 is 1.56 bits per heavy atom. The second kappa shape index (κ2) is 2.62. The Labute approximate surface area is 55.2 Å². The summed E-state index contributed by atoms with van der Waals surface area (Å²) in [5.41, 5.74) is 0. The van der Waals surface area contributed by atoms with E-state index in [1.165, 1.54) is 6.54 Å². The van der Waals surface area contributed by atoms with E-state index in [9.17, 15) is 4.39 Å². The highest BCUT2D eigenvalue weighted by Crippen LogP contribution is 2.18.